The van der Waals surface area contributed by atoms with E-state index in [-0.39, 0.29) is 6.10 Å². The topological polar surface area (TPSA) is 26.3 Å². The van der Waals surface area contributed by atoms with E-state index in [1.165, 1.54) is 5.57 Å². The summed E-state index contributed by atoms with van der Waals surface area (Å²) < 4.78 is 5.50. The van der Waals surface area contributed by atoms with E-state index in [2.05, 4.69) is 19.9 Å². The van der Waals surface area contributed by atoms with Crippen molar-refractivity contribution < 1.29 is 9.53 Å². The van der Waals surface area contributed by atoms with Crippen LogP contribution in [0.1, 0.15) is 39.5 Å². The van der Waals surface area contributed by atoms with Crippen molar-refractivity contribution in [2.24, 2.45) is 0 Å². The Bertz CT molecular complexity index is 251. The largest absolute Gasteiger partial charge is 0.482 e. The Kier molecular flexibility index (Phi) is 4.44. The Labute approximate surface area is 85.6 Å². The SMILES string of the molecule is CC/C=C1/C=C(C=O)OC1CCCC. The van der Waals surface area contributed by atoms with Gasteiger partial charge in [-0.2, -0.15) is 0 Å². The molecule has 1 heterocycles. The average Bonchev–Trinajstić information content (AvgIpc) is 2.58. The molecule has 1 rings (SSSR count). The van der Waals surface area contributed by atoms with E-state index >= 15 is 0 Å². The van der Waals surface area contributed by atoms with Crippen molar-refractivity contribution in [1.82, 2.24) is 0 Å². The average molecular weight is 194 g/mol. The number of carbonyl (C=O) groups excluding carboxylic acids is 1. The quantitative estimate of drug-likeness (QED) is 0.629. The molecule has 0 radical (unpaired) electrons. The zero-order valence-electron chi connectivity index (χ0n) is 8.95. The molecule has 0 N–H and O–H groups in total. The van der Waals surface area contributed by atoms with Crippen LogP contribution < -0.4 is 0 Å². The number of hydrogen-bond acceptors (Lipinski definition) is 2. The molecule has 0 spiro atoms. The summed E-state index contributed by atoms with van der Waals surface area (Å²) in [7, 11) is 0. The molecule has 0 aromatic carbocycles. The Morgan fingerprint density at radius 2 is 2.29 bits per heavy atom. The van der Waals surface area contributed by atoms with E-state index in [9.17, 15) is 4.79 Å². The van der Waals surface area contributed by atoms with Gasteiger partial charge in [-0.15, -0.1) is 0 Å². The summed E-state index contributed by atoms with van der Waals surface area (Å²) in [6.45, 7) is 4.25. The zero-order chi connectivity index (χ0) is 10.4. The summed E-state index contributed by atoms with van der Waals surface area (Å²) in [5.41, 5.74) is 1.17. The zero-order valence-corrected chi connectivity index (χ0v) is 8.95. The minimum atomic E-state index is 0.120. The highest BCUT2D eigenvalue weighted by Crippen LogP contribution is 2.25. The van der Waals surface area contributed by atoms with Gasteiger partial charge in [0, 0.05) is 0 Å². The molecule has 1 atom stereocenters. The molecule has 0 aromatic rings. The highest BCUT2D eigenvalue weighted by molar-refractivity contribution is 5.72. The first kappa shape index (κ1) is 11.0. The van der Waals surface area contributed by atoms with Gasteiger partial charge < -0.3 is 4.74 Å². The van der Waals surface area contributed by atoms with Crippen LogP contribution in [-0.2, 0) is 9.53 Å². The van der Waals surface area contributed by atoms with E-state index in [1.54, 1.807) is 0 Å². The summed E-state index contributed by atoms with van der Waals surface area (Å²) in [4.78, 5) is 10.6. The van der Waals surface area contributed by atoms with Gasteiger partial charge in [-0.1, -0.05) is 26.3 Å². The Balaban J connectivity index is 2.61. The fourth-order valence-corrected chi connectivity index (χ4v) is 1.63. The van der Waals surface area contributed by atoms with Crippen LogP contribution in [0, 0.1) is 0 Å². The van der Waals surface area contributed by atoms with Gasteiger partial charge in [-0.25, -0.2) is 0 Å². The second-order valence-corrected chi connectivity index (χ2v) is 3.53. The third kappa shape index (κ3) is 2.72. The van der Waals surface area contributed by atoms with Crippen LogP contribution in [0.3, 0.4) is 0 Å². The molecule has 1 unspecified atom stereocenters. The minimum Gasteiger partial charge on any atom is -0.482 e. The third-order valence-corrected chi connectivity index (χ3v) is 2.33. The standard InChI is InChI=1S/C12H18O2/c1-3-5-7-12-10(6-4-2)8-11(9-13)14-12/h6,8-9,12H,3-5,7H2,1-2H3/b10-6-. The lowest BCUT2D eigenvalue weighted by molar-refractivity contribution is -0.108. The molecule has 0 saturated carbocycles. The van der Waals surface area contributed by atoms with Crippen molar-refractivity contribution >= 4 is 6.29 Å². The number of ether oxygens (including phenoxy) is 1. The van der Waals surface area contributed by atoms with Crippen LogP contribution in [0.25, 0.3) is 0 Å². The molecular formula is C12H18O2. The fourth-order valence-electron chi connectivity index (χ4n) is 1.63. The molecule has 0 fully saturated rings. The molecule has 0 amide bonds. The molecule has 0 bridgehead atoms. The Morgan fingerprint density at radius 1 is 1.50 bits per heavy atom. The first-order chi connectivity index (χ1) is 6.81. The van der Waals surface area contributed by atoms with Gasteiger partial charge in [0.25, 0.3) is 0 Å². The second-order valence-electron chi connectivity index (χ2n) is 3.53. The van der Waals surface area contributed by atoms with Crippen molar-refractivity contribution in [1.29, 1.82) is 0 Å². The van der Waals surface area contributed by atoms with Crippen molar-refractivity contribution in [2.75, 3.05) is 0 Å². The summed E-state index contributed by atoms with van der Waals surface area (Å²) in [6.07, 6.45) is 9.21. The van der Waals surface area contributed by atoms with Crippen molar-refractivity contribution in [3.05, 3.63) is 23.5 Å². The molecule has 14 heavy (non-hydrogen) atoms. The number of allylic oxidation sites excluding steroid dienone is 2. The number of hydrogen-bond donors (Lipinski definition) is 0. The van der Waals surface area contributed by atoms with Crippen LogP contribution in [0.2, 0.25) is 0 Å². The summed E-state index contributed by atoms with van der Waals surface area (Å²) in [5.74, 6) is 0.478. The Morgan fingerprint density at radius 3 is 2.86 bits per heavy atom. The maximum absolute atomic E-state index is 10.6. The fraction of sp³-hybridized carbons (Fsp3) is 0.583. The molecule has 2 nitrogen and oxygen atoms in total. The molecular weight excluding hydrogens is 176 g/mol. The normalized spacial score (nSPS) is 23.4. The number of unbranched alkanes of at least 4 members (excludes halogenated alkanes) is 1. The minimum absolute atomic E-state index is 0.120. The van der Waals surface area contributed by atoms with Crippen molar-refractivity contribution in [2.45, 2.75) is 45.6 Å². The number of carbonyl (C=O) groups is 1. The van der Waals surface area contributed by atoms with E-state index < -0.39 is 0 Å². The third-order valence-electron chi connectivity index (χ3n) is 2.33. The van der Waals surface area contributed by atoms with Crippen LogP contribution >= 0.6 is 0 Å². The van der Waals surface area contributed by atoms with E-state index in [1.807, 2.05) is 6.08 Å². The van der Waals surface area contributed by atoms with Gasteiger partial charge in [0.1, 0.15) is 6.10 Å². The van der Waals surface area contributed by atoms with Crippen LogP contribution in [0.5, 0.6) is 0 Å². The van der Waals surface area contributed by atoms with E-state index in [0.717, 1.165) is 32.0 Å². The number of aldehydes is 1. The lowest BCUT2D eigenvalue weighted by atomic mass is 10.0. The predicted molar refractivity (Wildman–Crippen MR) is 56.9 cm³/mol. The van der Waals surface area contributed by atoms with Crippen LogP contribution in [0.4, 0.5) is 0 Å². The molecule has 1 aliphatic heterocycles. The molecule has 2 heteroatoms. The molecule has 0 saturated heterocycles. The lowest BCUT2D eigenvalue weighted by Gasteiger charge is -2.12. The van der Waals surface area contributed by atoms with Crippen LogP contribution in [-0.4, -0.2) is 12.4 Å². The summed E-state index contributed by atoms with van der Waals surface area (Å²) in [5, 5.41) is 0. The monoisotopic (exact) mass is 194 g/mol. The van der Waals surface area contributed by atoms with E-state index in [4.69, 9.17) is 4.74 Å². The highest BCUT2D eigenvalue weighted by atomic mass is 16.5. The van der Waals surface area contributed by atoms with Crippen molar-refractivity contribution in [3.63, 3.8) is 0 Å². The molecule has 1 aliphatic rings. The van der Waals surface area contributed by atoms with Gasteiger partial charge in [0.15, 0.2) is 12.0 Å². The second kappa shape index (κ2) is 5.63. The van der Waals surface area contributed by atoms with Crippen molar-refractivity contribution in [3.8, 4) is 0 Å². The Hall–Kier alpha value is -1.05. The highest BCUT2D eigenvalue weighted by Gasteiger charge is 2.21. The van der Waals surface area contributed by atoms with Crippen LogP contribution in [0.15, 0.2) is 23.5 Å². The maximum Gasteiger partial charge on any atom is 0.184 e. The van der Waals surface area contributed by atoms with Gasteiger partial charge >= 0.3 is 0 Å². The van der Waals surface area contributed by atoms with Gasteiger partial charge in [0.2, 0.25) is 0 Å². The van der Waals surface area contributed by atoms with Gasteiger partial charge in [-0.05, 0) is 30.9 Å². The first-order valence-electron chi connectivity index (χ1n) is 5.35. The summed E-state index contributed by atoms with van der Waals surface area (Å²) >= 11 is 0. The smallest absolute Gasteiger partial charge is 0.184 e. The maximum atomic E-state index is 10.6. The molecule has 0 aromatic heterocycles. The van der Waals surface area contributed by atoms with Gasteiger partial charge in [0.05, 0.1) is 0 Å². The van der Waals surface area contributed by atoms with Gasteiger partial charge in [-0.3, -0.25) is 4.79 Å². The molecule has 0 aliphatic carbocycles. The lowest BCUT2D eigenvalue weighted by Crippen LogP contribution is -2.08. The number of rotatable bonds is 5. The molecule has 78 valence electrons. The first-order valence-corrected chi connectivity index (χ1v) is 5.35. The summed E-state index contributed by atoms with van der Waals surface area (Å²) in [6, 6.07) is 0. The predicted octanol–water partition coefficient (Wildman–Crippen LogP) is 2.99. The van der Waals surface area contributed by atoms with E-state index in [0.29, 0.717) is 5.76 Å².